The standard InChI is InChI=1S/C15H24N2O2/c1-6-15(5,16)14(18)17-13-8-7-12(9-11(13)4)19-10(2)3/h7-10H,6,16H2,1-5H3,(H,17,18). The fraction of sp³-hybridized carbons (Fsp3) is 0.533. The Morgan fingerprint density at radius 3 is 2.58 bits per heavy atom. The molecule has 0 saturated heterocycles. The largest absolute Gasteiger partial charge is 0.491 e. The van der Waals surface area contributed by atoms with Gasteiger partial charge in [-0.05, 0) is 57.9 Å². The number of nitrogens with two attached hydrogens (primary N) is 1. The third-order valence-corrected chi connectivity index (χ3v) is 3.07. The van der Waals surface area contributed by atoms with E-state index in [1.54, 1.807) is 6.92 Å². The first-order chi connectivity index (χ1) is 8.76. The Labute approximate surface area is 115 Å². The monoisotopic (exact) mass is 264 g/mol. The SMILES string of the molecule is CCC(C)(N)C(=O)Nc1ccc(OC(C)C)cc1C. The third-order valence-electron chi connectivity index (χ3n) is 3.07. The number of benzene rings is 1. The molecule has 1 atom stereocenters. The predicted octanol–water partition coefficient (Wildman–Crippen LogP) is 2.85. The predicted molar refractivity (Wildman–Crippen MR) is 78.5 cm³/mol. The average molecular weight is 264 g/mol. The maximum absolute atomic E-state index is 12.0. The molecule has 106 valence electrons. The molecule has 1 rings (SSSR count). The van der Waals surface area contributed by atoms with Crippen LogP contribution in [0.15, 0.2) is 18.2 Å². The molecule has 1 unspecified atom stereocenters. The summed E-state index contributed by atoms with van der Waals surface area (Å²) in [5.74, 6) is 0.632. The average Bonchev–Trinajstić information content (AvgIpc) is 2.31. The van der Waals surface area contributed by atoms with Crippen LogP contribution in [0.4, 0.5) is 5.69 Å². The molecule has 0 spiro atoms. The first-order valence-corrected chi connectivity index (χ1v) is 6.64. The molecule has 1 aromatic rings. The number of anilines is 1. The van der Waals surface area contributed by atoms with Crippen LogP contribution in [0.25, 0.3) is 0 Å². The molecule has 1 aromatic carbocycles. The summed E-state index contributed by atoms with van der Waals surface area (Å²) in [6.07, 6.45) is 0.721. The van der Waals surface area contributed by atoms with Crippen molar-refractivity contribution in [2.24, 2.45) is 5.73 Å². The number of amides is 1. The smallest absolute Gasteiger partial charge is 0.244 e. The molecular weight excluding hydrogens is 240 g/mol. The van der Waals surface area contributed by atoms with Crippen LogP contribution in [0.5, 0.6) is 5.75 Å². The van der Waals surface area contributed by atoms with Crippen molar-refractivity contribution in [2.45, 2.75) is 52.7 Å². The van der Waals surface area contributed by atoms with Crippen LogP contribution in [0, 0.1) is 6.92 Å². The lowest BCUT2D eigenvalue weighted by molar-refractivity contribution is -0.120. The van der Waals surface area contributed by atoms with E-state index in [-0.39, 0.29) is 12.0 Å². The van der Waals surface area contributed by atoms with Gasteiger partial charge in [-0.15, -0.1) is 0 Å². The Kier molecular flexibility index (Phi) is 4.95. The van der Waals surface area contributed by atoms with Gasteiger partial charge in [0.25, 0.3) is 0 Å². The van der Waals surface area contributed by atoms with Crippen molar-refractivity contribution in [3.8, 4) is 5.75 Å². The molecule has 19 heavy (non-hydrogen) atoms. The number of carbonyl (C=O) groups excluding carboxylic acids is 1. The van der Waals surface area contributed by atoms with Crippen LogP contribution in [0.3, 0.4) is 0 Å². The zero-order valence-corrected chi connectivity index (χ0v) is 12.4. The van der Waals surface area contributed by atoms with Gasteiger partial charge in [-0.1, -0.05) is 6.92 Å². The van der Waals surface area contributed by atoms with Crippen molar-refractivity contribution in [3.05, 3.63) is 23.8 Å². The highest BCUT2D eigenvalue weighted by atomic mass is 16.5. The minimum absolute atomic E-state index is 0.132. The molecule has 0 aromatic heterocycles. The number of ether oxygens (including phenoxy) is 1. The van der Waals surface area contributed by atoms with Gasteiger partial charge in [-0.3, -0.25) is 4.79 Å². The zero-order valence-electron chi connectivity index (χ0n) is 12.4. The second-order valence-electron chi connectivity index (χ2n) is 5.37. The lowest BCUT2D eigenvalue weighted by atomic mass is 9.99. The highest BCUT2D eigenvalue weighted by molar-refractivity contribution is 5.98. The number of aryl methyl sites for hydroxylation is 1. The highest BCUT2D eigenvalue weighted by Crippen LogP contribution is 2.23. The van der Waals surface area contributed by atoms with Crippen LogP contribution < -0.4 is 15.8 Å². The Morgan fingerprint density at radius 2 is 2.11 bits per heavy atom. The van der Waals surface area contributed by atoms with Gasteiger partial charge in [0.2, 0.25) is 5.91 Å². The summed E-state index contributed by atoms with van der Waals surface area (Å²) in [5, 5.41) is 2.86. The third kappa shape index (κ3) is 4.24. The van der Waals surface area contributed by atoms with Crippen molar-refractivity contribution < 1.29 is 9.53 Å². The number of nitrogens with one attached hydrogen (secondary N) is 1. The summed E-state index contributed by atoms with van der Waals surface area (Å²) in [4.78, 5) is 12.0. The van der Waals surface area contributed by atoms with E-state index >= 15 is 0 Å². The minimum Gasteiger partial charge on any atom is -0.491 e. The Hall–Kier alpha value is -1.55. The van der Waals surface area contributed by atoms with Gasteiger partial charge in [0.05, 0.1) is 11.6 Å². The minimum atomic E-state index is -0.848. The molecule has 0 fully saturated rings. The molecule has 0 bridgehead atoms. The molecule has 0 saturated carbocycles. The lowest BCUT2D eigenvalue weighted by Crippen LogP contribution is -2.47. The van der Waals surface area contributed by atoms with Crippen LogP contribution in [0.1, 0.15) is 39.7 Å². The molecule has 0 aliphatic carbocycles. The van der Waals surface area contributed by atoms with Gasteiger partial charge in [-0.2, -0.15) is 0 Å². The van der Waals surface area contributed by atoms with E-state index < -0.39 is 5.54 Å². The number of hydrogen-bond acceptors (Lipinski definition) is 3. The van der Waals surface area contributed by atoms with E-state index in [0.717, 1.165) is 17.0 Å². The summed E-state index contributed by atoms with van der Waals surface area (Å²) < 4.78 is 5.61. The summed E-state index contributed by atoms with van der Waals surface area (Å²) in [6, 6.07) is 5.61. The molecule has 0 aliphatic heterocycles. The molecule has 4 nitrogen and oxygen atoms in total. The Morgan fingerprint density at radius 1 is 1.47 bits per heavy atom. The second-order valence-corrected chi connectivity index (χ2v) is 5.37. The van der Waals surface area contributed by atoms with Gasteiger partial charge >= 0.3 is 0 Å². The van der Waals surface area contributed by atoms with Crippen molar-refractivity contribution in [3.63, 3.8) is 0 Å². The van der Waals surface area contributed by atoms with Gasteiger partial charge in [0, 0.05) is 5.69 Å². The van der Waals surface area contributed by atoms with E-state index in [1.165, 1.54) is 0 Å². The first kappa shape index (κ1) is 15.5. The number of carbonyl (C=O) groups is 1. The van der Waals surface area contributed by atoms with Crippen LogP contribution in [0.2, 0.25) is 0 Å². The lowest BCUT2D eigenvalue weighted by Gasteiger charge is -2.22. The molecule has 1 amide bonds. The van der Waals surface area contributed by atoms with Crippen molar-refractivity contribution in [2.75, 3.05) is 5.32 Å². The zero-order chi connectivity index (χ0) is 14.6. The Balaban J connectivity index is 2.83. The van der Waals surface area contributed by atoms with E-state index in [0.29, 0.717) is 6.42 Å². The van der Waals surface area contributed by atoms with Gasteiger partial charge in [0.15, 0.2) is 0 Å². The molecule has 0 radical (unpaired) electrons. The summed E-state index contributed by atoms with van der Waals surface area (Å²) in [6.45, 7) is 9.51. The van der Waals surface area contributed by atoms with Crippen molar-refractivity contribution in [1.29, 1.82) is 0 Å². The van der Waals surface area contributed by atoms with Crippen LogP contribution >= 0.6 is 0 Å². The summed E-state index contributed by atoms with van der Waals surface area (Å²) in [7, 11) is 0. The highest BCUT2D eigenvalue weighted by Gasteiger charge is 2.26. The number of hydrogen-bond donors (Lipinski definition) is 2. The topological polar surface area (TPSA) is 64.4 Å². The summed E-state index contributed by atoms with van der Waals surface area (Å²) in [5.41, 5.74) is 6.80. The molecule has 0 aliphatic rings. The van der Waals surface area contributed by atoms with E-state index in [1.807, 2.05) is 45.9 Å². The van der Waals surface area contributed by atoms with Crippen molar-refractivity contribution >= 4 is 11.6 Å². The van der Waals surface area contributed by atoms with Crippen LogP contribution in [-0.2, 0) is 4.79 Å². The molecule has 0 heterocycles. The quantitative estimate of drug-likeness (QED) is 0.859. The van der Waals surface area contributed by atoms with Crippen LogP contribution in [-0.4, -0.2) is 17.6 Å². The normalized spacial score (nSPS) is 14.1. The fourth-order valence-corrected chi connectivity index (χ4v) is 1.55. The molecule has 3 N–H and O–H groups in total. The second kappa shape index (κ2) is 6.06. The van der Waals surface area contributed by atoms with Gasteiger partial charge in [-0.25, -0.2) is 0 Å². The number of rotatable bonds is 5. The van der Waals surface area contributed by atoms with Gasteiger partial charge in [0.1, 0.15) is 5.75 Å². The first-order valence-electron chi connectivity index (χ1n) is 6.64. The van der Waals surface area contributed by atoms with E-state index in [9.17, 15) is 4.79 Å². The molecule has 4 heteroatoms. The maximum Gasteiger partial charge on any atom is 0.244 e. The maximum atomic E-state index is 12.0. The van der Waals surface area contributed by atoms with Crippen molar-refractivity contribution in [1.82, 2.24) is 0 Å². The van der Waals surface area contributed by atoms with Gasteiger partial charge < -0.3 is 15.8 Å². The molecular formula is C15H24N2O2. The fourth-order valence-electron chi connectivity index (χ4n) is 1.55. The summed E-state index contributed by atoms with van der Waals surface area (Å²) >= 11 is 0. The Bertz CT molecular complexity index is 453. The van der Waals surface area contributed by atoms with E-state index in [4.69, 9.17) is 10.5 Å². The van der Waals surface area contributed by atoms with E-state index in [2.05, 4.69) is 5.32 Å².